The van der Waals surface area contributed by atoms with E-state index in [9.17, 15) is 0 Å². The van der Waals surface area contributed by atoms with Crippen molar-refractivity contribution in [2.75, 3.05) is 26.9 Å². The third kappa shape index (κ3) is 8.32. The van der Waals surface area contributed by atoms with Crippen LogP contribution in [0.4, 0.5) is 0 Å². The van der Waals surface area contributed by atoms with Crippen LogP contribution in [-0.4, -0.2) is 47.6 Å². The SMILES string of the molecule is CCNC(=NCc1ccc(C)cc1OCCCOC)NCc1nncn1-c1ccccc1.I. The number of nitrogens with one attached hydrogen (secondary N) is 2. The van der Waals surface area contributed by atoms with Crippen LogP contribution in [0.1, 0.15) is 30.3 Å². The van der Waals surface area contributed by atoms with Gasteiger partial charge in [0.25, 0.3) is 0 Å². The van der Waals surface area contributed by atoms with Gasteiger partial charge in [0.05, 0.1) is 19.7 Å². The number of hydrogen-bond donors (Lipinski definition) is 2. The van der Waals surface area contributed by atoms with Gasteiger partial charge in [-0.1, -0.05) is 30.3 Å². The number of guanidine groups is 1. The van der Waals surface area contributed by atoms with E-state index in [1.807, 2.05) is 41.8 Å². The number of aliphatic imine (C=N–C) groups is 1. The standard InChI is InChI=1S/C24H32N6O2.HI/c1-4-25-24(27-17-23-29-28-18-30(23)21-9-6-5-7-10-21)26-16-20-12-11-19(2)15-22(20)32-14-8-13-31-3;/h5-7,9-12,15,18H,4,8,13-14,16-17H2,1-3H3,(H2,25,26,27);1H. The highest BCUT2D eigenvalue weighted by atomic mass is 127. The van der Waals surface area contributed by atoms with Crippen molar-refractivity contribution in [1.82, 2.24) is 25.4 Å². The van der Waals surface area contributed by atoms with Crippen LogP contribution < -0.4 is 15.4 Å². The second-order valence-electron chi connectivity index (χ2n) is 7.31. The summed E-state index contributed by atoms with van der Waals surface area (Å²) in [4.78, 5) is 4.75. The molecule has 0 aliphatic carbocycles. The maximum Gasteiger partial charge on any atom is 0.191 e. The molecule has 0 atom stereocenters. The van der Waals surface area contributed by atoms with Gasteiger partial charge < -0.3 is 20.1 Å². The second kappa shape index (κ2) is 14.5. The van der Waals surface area contributed by atoms with Gasteiger partial charge in [-0.2, -0.15) is 0 Å². The van der Waals surface area contributed by atoms with Crippen molar-refractivity contribution < 1.29 is 9.47 Å². The van der Waals surface area contributed by atoms with Gasteiger partial charge in [0.1, 0.15) is 12.1 Å². The molecule has 33 heavy (non-hydrogen) atoms. The minimum absolute atomic E-state index is 0. The molecule has 0 spiro atoms. The Morgan fingerprint density at radius 3 is 2.67 bits per heavy atom. The molecule has 2 N–H and O–H groups in total. The van der Waals surface area contributed by atoms with Gasteiger partial charge in [-0.3, -0.25) is 4.57 Å². The number of nitrogens with zero attached hydrogens (tertiary/aromatic N) is 4. The Balaban J connectivity index is 0.00000385. The van der Waals surface area contributed by atoms with Crippen molar-refractivity contribution in [1.29, 1.82) is 0 Å². The summed E-state index contributed by atoms with van der Waals surface area (Å²) in [5, 5.41) is 15.0. The minimum Gasteiger partial charge on any atom is -0.493 e. The van der Waals surface area contributed by atoms with Crippen LogP contribution in [0, 0.1) is 6.92 Å². The lowest BCUT2D eigenvalue weighted by molar-refractivity contribution is 0.172. The molecule has 9 heteroatoms. The quantitative estimate of drug-likeness (QED) is 0.159. The first-order valence-electron chi connectivity index (χ1n) is 10.9. The predicted octanol–water partition coefficient (Wildman–Crippen LogP) is 3.86. The van der Waals surface area contributed by atoms with Crippen LogP contribution >= 0.6 is 24.0 Å². The molecule has 1 heterocycles. The van der Waals surface area contributed by atoms with Crippen molar-refractivity contribution >= 4 is 29.9 Å². The van der Waals surface area contributed by atoms with E-state index in [0.29, 0.717) is 32.3 Å². The third-order valence-corrected chi connectivity index (χ3v) is 4.79. The molecule has 0 aliphatic rings. The van der Waals surface area contributed by atoms with Crippen LogP contribution in [0.3, 0.4) is 0 Å². The van der Waals surface area contributed by atoms with E-state index in [0.717, 1.165) is 41.4 Å². The van der Waals surface area contributed by atoms with E-state index in [-0.39, 0.29) is 24.0 Å². The lowest BCUT2D eigenvalue weighted by Gasteiger charge is -2.14. The van der Waals surface area contributed by atoms with Crippen molar-refractivity contribution in [3.8, 4) is 11.4 Å². The highest BCUT2D eigenvalue weighted by Crippen LogP contribution is 2.21. The van der Waals surface area contributed by atoms with Crippen LogP contribution in [-0.2, 0) is 17.8 Å². The summed E-state index contributed by atoms with van der Waals surface area (Å²) in [6.45, 7) is 7.15. The number of ether oxygens (including phenoxy) is 2. The van der Waals surface area contributed by atoms with Crippen LogP contribution in [0.25, 0.3) is 5.69 Å². The summed E-state index contributed by atoms with van der Waals surface area (Å²) < 4.78 is 13.0. The molecular weight excluding hydrogens is 531 g/mol. The van der Waals surface area contributed by atoms with E-state index in [2.05, 4.69) is 46.0 Å². The molecule has 0 unspecified atom stereocenters. The Hall–Kier alpha value is -2.66. The first-order chi connectivity index (χ1) is 15.7. The Bertz CT molecular complexity index is 994. The summed E-state index contributed by atoms with van der Waals surface area (Å²) in [6, 6.07) is 16.2. The summed E-state index contributed by atoms with van der Waals surface area (Å²) in [6.07, 6.45) is 2.56. The summed E-state index contributed by atoms with van der Waals surface area (Å²) in [5.41, 5.74) is 3.22. The van der Waals surface area contributed by atoms with E-state index in [4.69, 9.17) is 14.5 Å². The molecule has 1 aromatic heterocycles. The van der Waals surface area contributed by atoms with Crippen molar-refractivity contribution in [3.63, 3.8) is 0 Å². The topological polar surface area (TPSA) is 85.6 Å². The fourth-order valence-electron chi connectivity index (χ4n) is 3.16. The number of aromatic nitrogens is 3. The van der Waals surface area contributed by atoms with Crippen LogP contribution in [0.2, 0.25) is 0 Å². The average Bonchev–Trinajstić information content (AvgIpc) is 3.29. The van der Waals surface area contributed by atoms with Crippen LogP contribution in [0.15, 0.2) is 59.9 Å². The first kappa shape index (κ1) is 26.6. The highest BCUT2D eigenvalue weighted by Gasteiger charge is 2.09. The van der Waals surface area contributed by atoms with E-state index in [1.54, 1.807) is 13.4 Å². The largest absolute Gasteiger partial charge is 0.493 e. The van der Waals surface area contributed by atoms with E-state index in [1.165, 1.54) is 0 Å². The molecule has 0 radical (unpaired) electrons. The monoisotopic (exact) mass is 564 g/mol. The molecule has 0 saturated carbocycles. The molecule has 3 rings (SSSR count). The maximum absolute atomic E-state index is 5.98. The molecule has 0 aliphatic heterocycles. The fraction of sp³-hybridized carbons (Fsp3) is 0.375. The average molecular weight is 564 g/mol. The number of halogens is 1. The Morgan fingerprint density at radius 2 is 1.91 bits per heavy atom. The van der Waals surface area contributed by atoms with Crippen molar-refractivity contribution in [2.45, 2.75) is 33.4 Å². The molecule has 2 aromatic carbocycles. The van der Waals surface area contributed by atoms with Gasteiger partial charge >= 0.3 is 0 Å². The van der Waals surface area contributed by atoms with Crippen LogP contribution in [0.5, 0.6) is 5.75 Å². The van der Waals surface area contributed by atoms with E-state index < -0.39 is 0 Å². The number of rotatable bonds is 11. The van der Waals surface area contributed by atoms with Gasteiger partial charge in [-0.25, -0.2) is 4.99 Å². The Morgan fingerprint density at radius 1 is 1.09 bits per heavy atom. The third-order valence-electron chi connectivity index (χ3n) is 4.79. The molecule has 178 valence electrons. The highest BCUT2D eigenvalue weighted by molar-refractivity contribution is 14.0. The number of methoxy groups -OCH3 is 1. The summed E-state index contributed by atoms with van der Waals surface area (Å²) in [5.74, 6) is 2.38. The van der Waals surface area contributed by atoms with Crippen molar-refractivity contribution in [2.24, 2.45) is 4.99 Å². The van der Waals surface area contributed by atoms with Gasteiger partial charge in [-0.05, 0) is 37.6 Å². The molecule has 3 aromatic rings. The number of hydrogen-bond acceptors (Lipinski definition) is 5. The summed E-state index contributed by atoms with van der Waals surface area (Å²) in [7, 11) is 1.70. The van der Waals surface area contributed by atoms with E-state index >= 15 is 0 Å². The van der Waals surface area contributed by atoms with Gasteiger partial charge in [0.2, 0.25) is 0 Å². The molecule has 0 fully saturated rings. The van der Waals surface area contributed by atoms with Gasteiger partial charge in [-0.15, -0.1) is 34.2 Å². The zero-order valence-electron chi connectivity index (χ0n) is 19.5. The summed E-state index contributed by atoms with van der Waals surface area (Å²) >= 11 is 0. The number of benzene rings is 2. The zero-order chi connectivity index (χ0) is 22.6. The maximum atomic E-state index is 5.98. The minimum atomic E-state index is 0. The zero-order valence-corrected chi connectivity index (χ0v) is 21.8. The molecule has 0 bridgehead atoms. The fourth-order valence-corrected chi connectivity index (χ4v) is 3.16. The van der Waals surface area contributed by atoms with Crippen molar-refractivity contribution in [3.05, 3.63) is 71.8 Å². The molecule has 8 nitrogen and oxygen atoms in total. The second-order valence-corrected chi connectivity index (χ2v) is 7.31. The lowest BCUT2D eigenvalue weighted by atomic mass is 10.1. The smallest absolute Gasteiger partial charge is 0.191 e. The first-order valence-corrected chi connectivity index (χ1v) is 10.9. The normalized spacial score (nSPS) is 11.1. The lowest BCUT2D eigenvalue weighted by Crippen LogP contribution is -2.37. The Labute approximate surface area is 212 Å². The predicted molar refractivity (Wildman–Crippen MR) is 142 cm³/mol. The Kier molecular flexibility index (Phi) is 11.7. The van der Waals surface area contributed by atoms with Gasteiger partial charge in [0, 0.05) is 37.9 Å². The van der Waals surface area contributed by atoms with Gasteiger partial charge in [0.15, 0.2) is 11.8 Å². The molecule has 0 saturated heterocycles. The number of aryl methyl sites for hydroxylation is 1. The molecular formula is C24H33IN6O2. The molecule has 0 amide bonds. The number of para-hydroxylation sites is 1.